The first kappa shape index (κ1) is 68.0. The second-order valence-electron chi connectivity index (χ2n) is 20.9. The summed E-state index contributed by atoms with van der Waals surface area (Å²) in [5.74, 6) is -2.11. The molecule has 0 heterocycles. The van der Waals surface area contributed by atoms with E-state index in [9.17, 15) is 19.5 Å². The first-order valence-electron chi connectivity index (χ1n) is 29.5. The lowest BCUT2D eigenvalue weighted by molar-refractivity contribution is -0.870. The van der Waals surface area contributed by atoms with E-state index in [4.69, 9.17) is 18.9 Å². The molecule has 0 fully saturated rings. The molecule has 0 saturated carbocycles. The molecule has 9 nitrogen and oxygen atoms in total. The Bertz CT molecular complexity index is 1350. The van der Waals surface area contributed by atoms with Gasteiger partial charge in [0.15, 0.2) is 6.10 Å². The summed E-state index contributed by atoms with van der Waals surface area (Å²) in [6.45, 7) is 4.69. The lowest BCUT2D eigenvalue weighted by atomic mass is 10.0. The van der Waals surface area contributed by atoms with Gasteiger partial charge in [-0.25, -0.2) is 4.79 Å². The van der Waals surface area contributed by atoms with Crippen molar-refractivity contribution >= 4 is 17.9 Å². The highest BCUT2D eigenvalue weighted by atomic mass is 16.7. The van der Waals surface area contributed by atoms with E-state index >= 15 is 0 Å². The highest BCUT2D eigenvalue weighted by Gasteiger charge is 2.25. The summed E-state index contributed by atoms with van der Waals surface area (Å²) in [5.41, 5.74) is 0. The molecule has 0 rings (SSSR count). The minimum Gasteiger partial charge on any atom is -0.477 e. The van der Waals surface area contributed by atoms with Gasteiger partial charge in [0.25, 0.3) is 6.29 Å². The predicted octanol–water partition coefficient (Wildman–Crippen LogP) is 17.2. The molecular weight excluding hydrogens is 887 g/mol. The Labute approximate surface area is 437 Å². The number of unbranched alkanes of at least 4 members (excludes halogenated alkanes) is 29. The molecule has 1 N–H and O–H groups in total. The molecule has 0 aliphatic carbocycles. The van der Waals surface area contributed by atoms with E-state index in [2.05, 4.69) is 62.5 Å². The number of carbonyl (C=O) groups is 3. The zero-order valence-electron chi connectivity index (χ0n) is 46.9. The number of quaternary nitrogens is 1. The Morgan fingerprint density at radius 2 is 0.831 bits per heavy atom. The van der Waals surface area contributed by atoms with Crippen LogP contribution in [-0.2, 0) is 33.3 Å². The molecule has 0 radical (unpaired) electrons. The summed E-state index contributed by atoms with van der Waals surface area (Å²) in [6, 6.07) is 0. The second-order valence-corrected chi connectivity index (χ2v) is 20.9. The molecule has 2 unspecified atom stereocenters. The maximum absolute atomic E-state index is 12.8. The lowest BCUT2D eigenvalue weighted by Gasteiger charge is -2.25. The van der Waals surface area contributed by atoms with Crippen LogP contribution in [0.15, 0.2) is 60.8 Å². The second kappa shape index (κ2) is 53.3. The van der Waals surface area contributed by atoms with Crippen molar-refractivity contribution in [2.24, 2.45) is 0 Å². The number of hydrogen-bond acceptors (Lipinski definition) is 7. The number of carboxylic acids is 1. The van der Waals surface area contributed by atoms with Crippen LogP contribution in [0.5, 0.6) is 0 Å². The molecule has 0 aromatic rings. The number of carbonyl (C=O) groups excluding carboxylic acids is 2. The van der Waals surface area contributed by atoms with Crippen LogP contribution in [0, 0.1) is 0 Å². The molecule has 0 saturated heterocycles. The van der Waals surface area contributed by atoms with E-state index in [1.165, 1.54) is 180 Å². The number of hydrogen-bond donors (Lipinski definition) is 1. The molecule has 0 bridgehead atoms. The molecule has 0 amide bonds. The number of aliphatic carboxylic acids is 1. The maximum atomic E-state index is 12.8. The Kier molecular flexibility index (Phi) is 51.0. The number of carboxylic acid groups (broad SMARTS) is 1. The van der Waals surface area contributed by atoms with Crippen molar-refractivity contribution in [3.8, 4) is 0 Å². The van der Waals surface area contributed by atoms with Crippen molar-refractivity contribution in [1.29, 1.82) is 0 Å². The van der Waals surface area contributed by atoms with E-state index in [0.717, 1.165) is 44.9 Å². The summed E-state index contributed by atoms with van der Waals surface area (Å²) in [7, 11) is 5.94. The van der Waals surface area contributed by atoms with Gasteiger partial charge < -0.3 is 28.5 Å². The van der Waals surface area contributed by atoms with Gasteiger partial charge in [-0.15, -0.1) is 0 Å². The van der Waals surface area contributed by atoms with Gasteiger partial charge in [0.1, 0.15) is 13.2 Å². The van der Waals surface area contributed by atoms with Gasteiger partial charge in [0.2, 0.25) is 0 Å². The third kappa shape index (κ3) is 54.6. The Morgan fingerprint density at radius 3 is 1.25 bits per heavy atom. The number of rotatable bonds is 54. The maximum Gasteiger partial charge on any atom is 0.361 e. The lowest BCUT2D eigenvalue weighted by Crippen LogP contribution is -2.40. The molecule has 9 heteroatoms. The van der Waals surface area contributed by atoms with Gasteiger partial charge >= 0.3 is 17.9 Å². The van der Waals surface area contributed by atoms with Gasteiger partial charge in [0.05, 0.1) is 34.4 Å². The van der Waals surface area contributed by atoms with E-state index in [1.807, 2.05) is 33.3 Å². The molecular formula is C62H112NO8+. The summed E-state index contributed by atoms with van der Waals surface area (Å²) >= 11 is 0. The average molecular weight is 1000 g/mol. The average Bonchev–Trinajstić information content (AvgIpc) is 3.34. The number of nitrogens with zero attached hydrogens (tertiary/aromatic N) is 1. The minimum atomic E-state index is -1.53. The molecule has 71 heavy (non-hydrogen) atoms. The van der Waals surface area contributed by atoms with Crippen molar-refractivity contribution < 1.29 is 42.9 Å². The van der Waals surface area contributed by atoms with Crippen LogP contribution < -0.4 is 0 Å². The fraction of sp³-hybridized carbons (Fsp3) is 0.790. The van der Waals surface area contributed by atoms with Gasteiger partial charge in [-0.2, -0.15) is 0 Å². The van der Waals surface area contributed by atoms with Crippen LogP contribution in [0.25, 0.3) is 0 Å². The van der Waals surface area contributed by atoms with Crippen molar-refractivity contribution in [2.75, 3.05) is 47.5 Å². The SMILES string of the molecule is CC/C=C\C/C=C\C/C=C\C/C=C\CCC(=O)OC(COC(=O)CCCCCCCCCCCCCCCCCCCCCCC/C=C\CCCCCCCCCC)COC(OCC[N+](C)(C)C)C(=O)O. The van der Waals surface area contributed by atoms with Crippen LogP contribution in [0.1, 0.15) is 258 Å². The van der Waals surface area contributed by atoms with E-state index in [1.54, 1.807) is 0 Å². The summed E-state index contributed by atoms with van der Waals surface area (Å²) in [4.78, 5) is 37.2. The first-order valence-corrected chi connectivity index (χ1v) is 29.5. The molecule has 0 spiro atoms. The zero-order valence-corrected chi connectivity index (χ0v) is 46.9. The van der Waals surface area contributed by atoms with Crippen LogP contribution in [0.3, 0.4) is 0 Å². The van der Waals surface area contributed by atoms with Crippen molar-refractivity contribution in [3.05, 3.63) is 60.8 Å². The Morgan fingerprint density at radius 1 is 0.437 bits per heavy atom. The first-order chi connectivity index (χ1) is 34.6. The third-order valence-electron chi connectivity index (χ3n) is 12.8. The van der Waals surface area contributed by atoms with Crippen molar-refractivity contribution in [3.63, 3.8) is 0 Å². The topological polar surface area (TPSA) is 108 Å². The van der Waals surface area contributed by atoms with Gasteiger partial charge in [-0.05, 0) is 64.2 Å². The smallest absolute Gasteiger partial charge is 0.361 e. The normalized spacial score (nSPS) is 13.2. The largest absolute Gasteiger partial charge is 0.477 e. The monoisotopic (exact) mass is 999 g/mol. The molecule has 0 aliphatic heterocycles. The molecule has 0 aliphatic rings. The van der Waals surface area contributed by atoms with Gasteiger partial charge in [-0.3, -0.25) is 9.59 Å². The number of ether oxygens (including phenoxy) is 4. The van der Waals surface area contributed by atoms with Gasteiger partial charge in [0, 0.05) is 12.8 Å². The van der Waals surface area contributed by atoms with Crippen LogP contribution in [0.2, 0.25) is 0 Å². The summed E-state index contributed by atoms with van der Waals surface area (Å²) in [6.07, 6.45) is 65.0. The third-order valence-corrected chi connectivity index (χ3v) is 12.8. The highest BCUT2D eigenvalue weighted by molar-refractivity contribution is 5.71. The van der Waals surface area contributed by atoms with Gasteiger partial charge in [-0.1, -0.05) is 242 Å². The fourth-order valence-electron chi connectivity index (χ4n) is 8.26. The van der Waals surface area contributed by atoms with Crippen LogP contribution in [0.4, 0.5) is 0 Å². The number of allylic oxidation sites excluding steroid dienone is 10. The number of likely N-dealkylation sites (N-methyl/N-ethyl adjacent to an activating group) is 1. The van der Waals surface area contributed by atoms with E-state index < -0.39 is 24.3 Å². The summed E-state index contributed by atoms with van der Waals surface area (Å²) < 4.78 is 22.7. The van der Waals surface area contributed by atoms with Crippen molar-refractivity contribution in [2.45, 2.75) is 270 Å². The minimum absolute atomic E-state index is 0.139. The zero-order chi connectivity index (χ0) is 52.0. The standard InChI is InChI=1S/C62H111NO8/c1-6-8-10-12-14-16-18-20-21-22-23-24-25-26-27-28-29-30-31-32-33-34-35-36-37-38-39-41-42-44-46-48-50-52-59(64)69-56-58(57-70-62(61(66)67)68-55-54-63(3,4)5)71-60(65)53-51-49-47-45-43-40-19-17-15-13-11-9-7-2/h9,11,15,17,22-23,40,43,47,49,58,62H,6-8,10,12-14,16,18-21,24-39,41-42,44-46,48,50-57H2,1-5H3/p+1/b11-9-,17-15-,23-22-,43-40-,49-47-. The number of esters is 2. The van der Waals surface area contributed by atoms with E-state index in [-0.39, 0.29) is 38.6 Å². The van der Waals surface area contributed by atoms with Crippen LogP contribution >= 0.6 is 0 Å². The quantitative estimate of drug-likeness (QED) is 0.0211. The Hall–Kier alpha value is -3.01. The Balaban J connectivity index is 4.05. The fourth-order valence-corrected chi connectivity index (χ4v) is 8.26. The molecule has 2 atom stereocenters. The highest BCUT2D eigenvalue weighted by Crippen LogP contribution is 2.17. The summed E-state index contributed by atoms with van der Waals surface area (Å²) in [5, 5.41) is 9.67. The van der Waals surface area contributed by atoms with E-state index in [0.29, 0.717) is 17.4 Å². The predicted molar refractivity (Wildman–Crippen MR) is 300 cm³/mol. The van der Waals surface area contributed by atoms with Crippen LogP contribution in [-0.4, -0.2) is 87.4 Å². The molecule has 0 aromatic heterocycles. The molecule has 412 valence electrons. The molecule has 0 aromatic carbocycles. The van der Waals surface area contributed by atoms with Crippen molar-refractivity contribution in [1.82, 2.24) is 0 Å².